The molecular weight excluding hydrogens is 351 g/mol. The molecule has 17 heavy (non-hydrogen) atoms. The van der Waals surface area contributed by atoms with Crippen LogP contribution < -0.4 is 16.7 Å². The van der Waals surface area contributed by atoms with Gasteiger partial charge in [0.2, 0.25) is 0 Å². The summed E-state index contributed by atoms with van der Waals surface area (Å²) in [4.78, 5) is 12.8. The highest BCUT2D eigenvalue weighted by Gasteiger charge is 2.18. The molecule has 0 saturated carbocycles. The van der Waals surface area contributed by atoms with Gasteiger partial charge in [-0.3, -0.25) is 5.01 Å². The molecule has 4 N–H and O–H groups in total. The summed E-state index contributed by atoms with van der Waals surface area (Å²) in [7, 11) is 1.46. The Kier molecular flexibility index (Phi) is 5.50. The van der Waals surface area contributed by atoms with Crippen molar-refractivity contribution in [1.82, 2.24) is 5.01 Å². The molecule has 1 aromatic rings. The molecule has 0 spiro atoms. The minimum Gasteiger partial charge on any atom is -0.264 e. The highest BCUT2D eigenvalue weighted by molar-refractivity contribution is 14.1. The van der Waals surface area contributed by atoms with Crippen LogP contribution in [0, 0.1) is 3.57 Å². The maximum absolute atomic E-state index is 11.7. The number of amides is 2. The van der Waals surface area contributed by atoms with E-state index in [-0.39, 0.29) is 0 Å². The standard InChI is InChI=1S/C10H15IN4OS/c1-3-17-8-6-4-5-7(9(8)11)15(13)10(16)14(2)12/h4-6H,3,12-13H2,1-2H3. The number of thioether (sulfide) groups is 1. The third-order valence-electron chi connectivity index (χ3n) is 2.01. The Bertz CT molecular complexity index is 413. The fourth-order valence-corrected chi connectivity index (χ4v) is 3.03. The lowest BCUT2D eigenvalue weighted by molar-refractivity contribution is 0.216. The zero-order valence-corrected chi connectivity index (χ0v) is 12.7. The molecule has 0 aromatic heterocycles. The first-order valence-corrected chi connectivity index (χ1v) is 7.04. The van der Waals surface area contributed by atoms with Crippen molar-refractivity contribution in [1.29, 1.82) is 0 Å². The smallest absolute Gasteiger partial charge is 0.264 e. The lowest BCUT2D eigenvalue weighted by atomic mass is 10.3. The number of benzene rings is 1. The molecule has 0 atom stereocenters. The fourth-order valence-electron chi connectivity index (χ4n) is 1.23. The number of carbonyl (C=O) groups is 1. The molecule has 1 rings (SSSR count). The maximum Gasteiger partial charge on any atom is 0.352 e. The molecule has 0 heterocycles. The minimum absolute atomic E-state index is 0.457. The second-order valence-electron chi connectivity index (χ2n) is 3.29. The molecule has 2 amide bonds. The van der Waals surface area contributed by atoms with E-state index < -0.39 is 6.03 Å². The van der Waals surface area contributed by atoms with Crippen LogP contribution in [0.25, 0.3) is 0 Å². The van der Waals surface area contributed by atoms with Crippen LogP contribution in [-0.4, -0.2) is 23.8 Å². The van der Waals surface area contributed by atoms with E-state index in [9.17, 15) is 4.79 Å². The second kappa shape index (κ2) is 6.43. The molecule has 5 nitrogen and oxygen atoms in total. The van der Waals surface area contributed by atoms with Gasteiger partial charge >= 0.3 is 6.03 Å². The van der Waals surface area contributed by atoms with Gasteiger partial charge in [0.05, 0.1) is 9.26 Å². The molecule has 0 radical (unpaired) electrons. The number of urea groups is 1. The molecule has 94 valence electrons. The number of hydrogen-bond donors (Lipinski definition) is 2. The van der Waals surface area contributed by atoms with Crippen molar-refractivity contribution in [2.45, 2.75) is 11.8 Å². The van der Waals surface area contributed by atoms with Crippen LogP contribution in [-0.2, 0) is 0 Å². The Balaban J connectivity index is 3.06. The predicted molar refractivity (Wildman–Crippen MR) is 79.6 cm³/mol. The topological polar surface area (TPSA) is 75.6 Å². The highest BCUT2D eigenvalue weighted by atomic mass is 127. The van der Waals surface area contributed by atoms with Gasteiger partial charge in [-0.05, 0) is 40.5 Å². The van der Waals surface area contributed by atoms with Crippen LogP contribution in [0.1, 0.15) is 6.92 Å². The summed E-state index contributed by atoms with van der Waals surface area (Å²) in [5.74, 6) is 12.1. The summed E-state index contributed by atoms with van der Waals surface area (Å²) in [5.41, 5.74) is 0.659. The van der Waals surface area contributed by atoms with Crippen molar-refractivity contribution < 1.29 is 4.79 Å². The molecule has 0 bridgehead atoms. The third-order valence-corrected chi connectivity index (χ3v) is 4.45. The van der Waals surface area contributed by atoms with E-state index in [0.29, 0.717) is 5.69 Å². The second-order valence-corrected chi connectivity index (χ2v) is 5.67. The Hall–Kier alpha value is -0.510. The van der Waals surface area contributed by atoms with Gasteiger partial charge in [-0.1, -0.05) is 13.0 Å². The van der Waals surface area contributed by atoms with E-state index in [2.05, 4.69) is 29.5 Å². The Morgan fingerprint density at radius 3 is 2.65 bits per heavy atom. The monoisotopic (exact) mass is 366 g/mol. The van der Waals surface area contributed by atoms with Gasteiger partial charge in [-0.2, -0.15) is 0 Å². The largest absolute Gasteiger partial charge is 0.352 e. The summed E-state index contributed by atoms with van der Waals surface area (Å²) < 4.78 is 0.953. The summed E-state index contributed by atoms with van der Waals surface area (Å²) in [5, 5.41) is 2.01. The average molecular weight is 366 g/mol. The molecular formula is C10H15IN4OS. The van der Waals surface area contributed by atoms with Gasteiger partial charge in [0.15, 0.2) is 0 Å². The SMILES string of the molecule is CCSc1cccc(N(N)C(=O)N(C)N)c1I. The van der Waals surface area contributed by atoms with Crippen LogP contribution in [0.15, 0.2) is 23.1 Å². The predicted octanol–water partition coefficient (Wildman–Crippen LogP) is 2.01. The van der Waals surface area contributed by atoms with E-state index in [1.54, 1.807) is 17.8 Å². The molecule has 0 saturated heterocycles. The van der Waals surface area contributed by atoms with E-state index in [1.165, 1.54) is 7.05 Å². The van der Waals surface area contributed by atoms with Gasteiger partial charge in [0.25, 0.3) is 0 Å². The molecule has 1 aromatic carbocycles. The Labute approximate surface area is 119 Å². The van der Waals surface area contributed by atoms with Crippen LogP contribution in [0.5, 0.6) is 0 Å². The van der Waals surface area contributed by atoms with E-state index >= 15 is 0 Å². The van der Waals surface area contributed by atoms with Crippen LogP contribution in [0.4, 0.5) is 10.5 Å². The number of halogens is 1. The molecule has 0 aliphatic rings. The first kappa shape index (κ1) is 14.6. The zero-order chi connectivity index (χ0) is 13.0. The number of hydrazine groups is 2. The lowest BCUT2D eigenvalue weighted by Crippen LogP contribution is -2.48. The van der Waals surface area contributed by atoms with E-state index in [0.717, 1.165) is 24.2 Å². The van der Waals surface area contributed by atoms with Gasteiger partial charge in [-0.15, -0.1) is 11.8 Å². The summed E-state index contributed by atoms with van der Waals surface area (Å²) in [6.07, 6.45) is 0. The normalized spacial score (nSPS) is 10.2. The third kappa shape index (κ3) is 3.47. The minimum atomic E-state index is -0.457. The van der Waals surface area contributed by atoms with Crippen LogP contribution in [0.3, 0.4) is 0 Å². The van der Waals surface area contributed by atoms with Crippen LogP contribution >= 0.6 is 34.4 Å². The first-order valence-electron chi connectivity index (χ1n) is 4.97. The molecule has 0 aliphatic heterocycles. The molecule has 0 unspecified atom stereocenters. The van der Waals surface area contributed by atoms with E-state index in [4.69, 9.17) is 11.7 Å². The van der Waals surface area contributed by atoms with Gasteiger partial charge in [-0.25, -0.2) is 21.5 Å². The maximum atomic E-state index is 11.7. The quantitative estimate of drug-likeness (QED) is 0.282. The van der Waals surface area contributed by atoms with Gasteiger partial charge in [0, 0.05) is 11.9 Å². The summed E-state index contributed by atoms with van der Waals surface area (Å²) in [6, 6.07) is 5.22. The molecule has 0 aliphatic carbocycles. The summed E-state index contributed by atoms with van der Waals surface area (Å²) in [6.45, 7) is 2.08. The Morgan fingerprint density at radius 1 is 1.47 bits per heavy atom. The van der Waals surface area contributed by atoms with Crippen LogP contribution in [0.2, 0.25) is 0 Å². The number of nitrogens with two attached hydrogens (primary N) is 2. The van der Waals surface area contributed by atoms with Crippen molar-refractivity contribution in [3.63, 3.8) is 0 Å². The van der Waals surface area contributed by atoms with Crippen molar-refractivity contribution in [2.75, 3.05) is 17.8 Å². The van der Waals surface area contributed by atoms with Crippen molar-refractivity contribution in [2.24, 2.45) is 11.7 Å². The first-order chi connectivity index (χ1) is 7.99. The summed E-state index contributed by atoms with van der Waals surface area (Å²) >= 11 is 3.89. The molecule has 7 heteroatoms. The average Bonchev–Trinajstić information content (AvgIpc) is 2.30. The van der Waals surface area contributed by atoms with E-state index in [1.807, 2.05) is 12.1 Å². The lowest BCUT2D eigenvalue weighted by Gasteiger charge is -2.22. The van der Waals surface area contributed by atoms with Crippen molar-refractivity contribution >= 4 is 46.1 Å². The number of nitrogens with zero attached hydrogens (tertiary/aromatic N) is 2. The van der Waals surface area contributed by atoms with Crippen molar-refractivity contribution in [3.8, 4) is 0 Å². The van der Waals surface area contributed by atoms with Gasteiger partial charge in [0.1, 0.15) is 0 Å². The Morgan fingerprint density at radius 2 is 2.12 bits per heavy atom. The number of hydrogen-bond acceptors (Lipinski definition) is 4. The number of rotatable bonds is 3. The van der Waals surface area contributed by atoms with Gasteiger partial charge < -0.3 is 0 Å². The fraction of sp³-hybridized carbons (Fsp3) is 0.300. The molecule has 0 fully saturated rings. The van der Waals surface area contributed by atoms with Crippen molar-refractivity contribution in [3.05, 3.63) is 21.8 Å². The zero-order valence-electron chi connectivity index (χ0n) is 9.68. The highest BCUT2D eigenvalue weighted by Crippen LogP contribution is 2.31. The number of carbonyl (C=O) groups excluding carboxylic acids is 1. The number of anilines is 1.